The van der Waals surface area contributed by atoms with Crippen molar-refractivity contribution in [2.45, 2.75) is 13.1 Å². The highest BCUT2D eigenvalue weighted by atomic mass is 16.5. The lowest BCUT2D eigenvalue weighted by molar-refractivity contribution is -0.123. The van der Waals surface area contributed by atoms with E-state index in [0.717, 1.165) is 23.0 Å². The summed E-state index contributed by atoms with van der Waals surface area (Å²) in [5, 5.41) is 3.81. The van der Waals surface area contributed by atoms with Crippen LogP contribution in [0, 0.1) is 0 Å². The minimum Gasteiger partial charge on any atom is -0.483 e. The molecule has 0 aliphatic carbocycles. The predicted molar refractivity (Wildman–Crippen MR) is 95.4 cm³/mol. The molecular weight excluding hydrogens is 318 g/mol. The molecule has 0 radical (unpaired) electrons. The summed E-state index contributed by atoms with van der Waals surface area (Å²) in [7, 11) is 1.68. The van der Waals surface area contributed by atoms with Gasteiger partial charge in [0, 0.05) is 44.2 Å². The Hall–Kier alpha value is -2.86. The van der Waals surface area contributed by atoms with Gasteiger partial charge in [0.25, 0.3) is 5.91 Å². The molecule has 0 atom stereocenters. The van der Waals surface area contributed by atoms with Gasteiger partial charge in [0.2, 0.25) is 0 Å². The molecule has 1 amide bonds. The lowest BCUT2D eigenvalue weighted by Gasteiger charge is -2.09. The number of aromatic nitrogens is 2. The highest BCUT2D eigenvalue weighted by Crippen LogP contribution is 2.26. The second-order valence-electron chi connectivity index (χ2n) is 5.62. The molecule has 0 spiro atoms. The van der Waals surface area contributed by atoms with E-state index in [2.05, 4.69) is 14.9 Å². The van der Waals surface area contributed by atoms with Crippen molar-refractivity contribution in [1.29, 1.82) is 0 Å². The predicted octanol–water partition coefficient (Wildman–Crippen LogP) is 2.38. The first-order valence-electron chi connectivity index (χ1n) is 8.13. The number of hydrogen-bond donors (Lipinski definition) is 1. The van der Waals surface area contributed by atoms with Crippen LogP contribution in [0.5, 0.6) is 5.75 Å². The molecule has 1 aromatic carbocycles. The molecule has 3 rings (SSSR count). The lowest BCUT2D eigenvalue weighted by Crippen LogP contribution is -2.28. The zero-order valence-corrected chi connectivity index (χ0v) is 14.1. The molecular formula is C19H21N3O3. The number of benzene rings is 1. The Morgan fingerprint density at radius 2 is 2.16 bits per heavy atom. The fraction of sp³-hybridized carbons (Fsp3) is 0.263. The first-order valence-corrected chi connectivity index (χ1v) is 8.13. The van der Waals surface area contributed by atoms with Crippen LogP contribution in [0.15, 0.2) is 55.0 Å². The summed E-state index contributed by atoms with van der Waals surface area (Å²) in [6.45, 7) is 1.83. The molecule has 0 aliphatic rings. The number of ether oxygens (including phenoxy) is 2. The number of carbonyl (C=O) groups excluding carboxylic acids is 1. The second kappa shape index (κ2) is 8.30. The molecule has 0 aliphatic heterocycles. The number of carbonyl (C=O) groups is 1. The Morgan fingerprint density at radius 1 is 1.24 bits per heavy atom. The number of amides is 1. The van der Waals surface area contributed by atoms with Crippen molar-refractivity contribution in [2.75, 3.05) is 20.3 Å². The summed E-state index contributed by atoms with van der Waals surface area (Å²) in [4.78, 5) is 16.0. The van der Waals surface area contributed by atoms with Gasteiger partial charge in [0.05, 0.1) is 12.1 Å². The summed E-state index contributed by atoms with van der Waals surface area (Å²) >= 11 is 0. The van der Waals surface area contributed by atoms with Crippen molar-refractivity contribution in [3.8, 4) is 5.75 Å². The minimum absolute atomic E-state index is 0.0252. The van der Waals surface area contributed by atoms with Crippen molar-refractivity contribution < 1.29 is 14.3 Å². The van der Waals surface area contributed by atoms with Crippen LogP contribution < -0.4 is 10.1 Å². The summed E-state index contributed by atoms with van der Waals surface area (Å²) in [6, 6.07) is 11.6. The summed E-state index contributed by atoms with van der Waals surface area (Å²) in [5.41, 5.74) is 2.01. The Labute approximate surface area is 146 Å². The maximum Gasteiger partial charge on any atom is 0.258 e. The minimum atomic E-state index is -0.167. The van der Waals surface area contributed by atoms with Gasteiger partial charge in [0.1, 0.15) is 5.75 Å². The average molecular weight is 339 g/mol. The van der Waals surface area contributed by atoms with Gasteiger partial charge in [-0.05, 0) is 29.8 Å². The zero-order valence-electron chi connectivity index (χ0n) is 14.1. The second-order valence-corrected chi connectivity index (χ2v) is 5.62. The van der Waals surface area contributed by atoms with E-state index >= 15 is 0 Å². The SMILES string of the molecule is COCCn1ccc2c(OCC(=O)NCc3cccnc3)cccc21. The monoisotopic (exact) mass is 339 g/mol. The van der Waals surface area contributed by atoms with Gasteiger partial charge in [0.15, 0.2) is 6.61 Å². The molecule has 0 fully saturated rings. The normalized spacial score (nSPS) is 10.8. The van der Waals surface area contributed by atoms with E-state index in [1.807, 2.05) is 42.6 Å². The highest BCUT2D eigenvalue weighted by Gasteiger charge is 2.09. The van der Waals surface area contributed by atoms with Crippen LogP contribution >= 0.6 is 0 Å². The summed E-state index contributed by atoms with van der Waals surface area (Å²) in [5.74, 6) is 0.532. The average Bonchev–Trinajstić information content (AvgIpc) is 3.07. The maximum atomic E-state index is 12.0. The van der Waals surface area contributed by atoms with Crippen LogP contribution in [-0.2, 0) is 22.6 Å². The van der Waals surface area contributed by atoms with Crippen LogP contribution in [0.3, 0.4) is 0 Å². The van der Waals surface area contributed by atoms with Crippen molar-refractivity contribution in [3.05, 3.63) is 60.6 Å². The lowest BCUT2D eigenvalue weighted by atomic mass is 10.2. The molecule has 1 N–H and O–H groups in total. The Kier molecular flexibility index (Phi) is 5.64. The van der Waals surface area contributed by atoms with E-state index in [4.69, 9.17) is 9.47 Å². The van der Waals surface area contributed by atoms with Gasteiger partial charge in [-0.25, -0.2) is 0 Å². The maximum absolute atomic E-state index is 12.0. The van der Waals surface area contributed by atoms with Crippen molar-refractivity contribution in [1.82, 2.24) is 14.9 Å². The first kappa shape index (κ1) is 17.0. The van der Waals surface area contributed by atoms with Crippen molar-refractivity contribution in [3.63, 3.8) is 0 Å². The number of nitrogens with zero attached hydrogens (tertiary/aromatic N) is 2. The zero-order chi connectivity index (χ0) is 17.5. The third-order valence-electron chi connectivity index (χ3n) is 3.88. The third-order valence-corrected chi connectivity index (χ3v) is 3.88. The molecule has 2 heterocycles. The smallest absolute Gasteiger partial charge is 0.258 e. The number of pyridine rings is 1. The molecule has 3 aromatic rings. The number of hydrogen-bond acceptors (Lipinski definition) is 4. The van der Waals surface area contributed by atoms with E-state index < -0.39 is 0 Å². The van der Waals surface area contributed by atoms with E-state index in [-0.39, 0.29) is 12.5 Å². The fourth-order valence-electron chi connectivity index (χ4n) is 2.60. The van der Waals surface area contributed by atoms with Crippen LogP contribution in [0.25, 0.3) is 10.9 Å². The van der Waals surface area contributed by atoms with E-state index in [1.54, 1.807) is 19.5 Å². The molecule has 6 nitrogen and oxygen atoms in total. The quantitative estimate of drug-likeness (QED) is 0.684. The van der Waals surface area contributed by atoms with E-state index in [9.17, 15) is 4.79 Å². The van der Waals surface area contributed by atoms with Crippen molar-refractivity contribution in [2.24, 2.45) is 0 Å². The topological polar surface area (TPSA) is 65.4 Å². The molecule has 6 heteroatoms. The molecule has 0 bridgehead atoms. The Bertz CT molecular complexity index is 830. The van der Waals surface area contributed by atoms with Gasteiger partial charge < -0.3 is 19.4 Å². The number of rotatable bonds is 8. The molecule has 0 saturated carbocycles. The fourth-order valence-corrected chi connectivity index (χ4v) is 2.60. The van der Waals surface area contributed by atoms with Gasteiger partial charge in [-0.15, -0.1) is 0 Å². The van der Waals surface area contributed by atoms with Gasteiger partial charge >= 0.3 is 0 Å². The molecule has 2 aromatic heterocycles. The Morgan fingerprint density at radius 3 is 2.96 bits per heavy atom. The summed E-state index contributed by atoms with van der Waals surface area (Å²) in [6.07, 6.45) is 5.43. The Balaban J connectivity index is 1.59. The largest absolute Gasteiger partial charge is 0.483 e. The van der Waals surface area contributed by atoms with Gasteiger partial charge in [-0.2, -0.15) is 0 Å². The molecule has 0 saturated heterocycles. The van der Waals surface area contributed by atoms with Crippen LogP contribution in [0.1, 0.15) is 5.56 Å². The van der Waals surface area contributed by atoms with E-state index in [1.165, 1.54) is 0 Å². The molecule has 25 heavy (non-hydrogen) atoms. The standard InChI is InChI=1S/C19H21N3O3/c1-24-11-10-22-9-7-16-17(22)5-2-6-18(16)25-14-19(23)21-13-15-4-3-8-20-12-15/h2-9,12H,10-11,13-14H2,1H3,(H,21,23). The van der Waals surface area contributed by atoms with Crippen molar-refractivity contribution >= 4 is 16.8 Å². The number of nitrogens with one attached hydrogen (secondary N) is 1. The van der Waals surface area contributed by atoms with Crippen LogP contribution in [0.2, 0.25) is 0 Å². The number of fused-ring (bicyclic) bond motifs is 1. The molecule has 130 valence electrons. The van der Waals surface area contributed by atoms with Crippen LogP contribution in [-0.4, -0.2) is 35.8 Å². The summed E-state index contributed by atoms with van der Waals surface area (Å²) < 4.78 is 12.9. The number of methoxy groups -OCH3 is 1. The van der Waals surface area contributed by atoms with E-state index in [0.29, 0.717) is 18.9 Å². The van der Waals surface area contributed by atoms with Gasteiger partial charge in [-0.3, -0.25) is 9.78 Å². The highest BCUT2D eigenvalue weighted by molar-refractivity contribution is 5.87. The third kappa shape index (κ3) is 4.36. The first-order chi connectivity index (χ1) is 12.3. The van der Waals surface area contributed by atoms with Crippen LogP contribution in [0.4, 0.5) is 0 Å². The van der Waals surface area contributed by atoms with Gasteiger partial charge in [-0.1, -0.05) is 12.1 Å². The molecule has 0 unspecified atom stereocenters.